The van der Waals surface area contributed by atoms with Crippen LogP contribution < -0.4 is 5.32 Å². The van der Waals surface area contributed by atoms with Crippen LogP contribution in [0.3, 0.4) is 0 Å². The van der Waals surface area contributed by atoms with Crippen LogP contribution in [0.5, 0.6) is 0 Å². The highest BCUT2D eigenvalue weighted by Crippen LogP contribution is 2.40. The average molecular weight is 203 g/mol. The van der Waals surface area contributed by atoms with E-state index in [2.05, 4.69) is 19.2 Å². The van der Waals surface area contributed by atoms with Crippen LogP contribution in [0.2, 0.25) is 0 Å². The summed E-state index contributed by atoms with van der Waals surface area (Å²) in [6, 6.07) is -0.426. The molecule has 0 saturated carbocycles. The number of hydrogen-bond donors (Lipinski definition) is 2. The summed E-state index contributed by atoms with van der Waals surface area (Å²) in [5.41, 5.74) is 0. The summed E-state index contributed by atoms with van der Waals surface area (Å²) >= 11 is 1.72. The van der Waals surface area contributed by atoms with Crippen LogP contribution in [0, 0.1) is 5.92 Å². The van der Waals surface area contributed by atoms with Crippen LogP contribution in [0.1, 0.15) is 27.7 Å². The number of carboxylic acids is 1. The topological polar surface area (TPSA) is 49.3 Å². The lowest BCUT2D eigenvalue weighted by atomic mass is 10.0. The molecule has 2 N–H and O–H groups in total. The Bertz CT molecular complexity index is 216. The van der Waals surface area contributed by atoms with Gasteiger partial charge in [0.2, 0.25) is 0 Å². The maximum absolute atomic E-state index is 10.9. The molecule has 0 amide bonds. The van der Waals surface area contributed by atoms with E-state index in [9.17, 15) is 4.79 Å². The summed E-state index contributed by atoms with van der Waals surface area (Å²) in [5, 5.41) is 12.4. The van der Waals surface area contributed by atoms with Gasteiger partial charge in [-0.05, 0) is 19.8 Å². The molecule has 76 valence electrons. The summed E-state index contributed by atoms with van der Waals surface area (Å²) in [6.45, 7) is 8.16. The number of aliphatic carboxylic acids is 1. The Kier molecular flexibility index (Phi) is 2.92. The molecule has 0 radical (unpaired) electrons. The van der Waals surface area contributed by atoms with Crippen molar-refractivity contribution in [3.8, 4) is 0 Å². The smallest absolute Gasteiger partial charge is 0.322 e. The van der Waals surface area contributed by atoms with Crippen molar-refractivity contribution in [1.82, 2.24) is 5.32 Å². The number of thioether (sulfide) groups is 1. The molecular formula is C9H17NO2S. The molecule has 1 rings (SSSR count). The second kappa shape index (κ2) is 3.50. The van der Waals surface area contributed by atoms with Crippen LogP contribution in [0.25, 0.3) is 0 Å². The normalized spacial score (nSPS) is 32.4. The monoisotopic (exact) mass is 203 g/mol. The highest BCUT2D eigenvalue weighted by Gasteiger charge is 2.45. The van der Waals surface area contributed by atoms with Gasteiger partial charge in [0.05, 0.1) is 5.37 Å². The lowest BCUT2D eigenvalue weighted by Crippen LogP contribution is -2.45. The third-order valence-electron chi connectivity index (χ3n) is 2.31. The van der Waals surface area contributed by atoms with Crippen molar-refractivity contribution >= 4 is 17.7 Å². The van der Waals surface area contributed by atoms with E-state index in [1.165, 1.54) is 0 Å². The highest BCUT2D eigenvalue weighted by atomic mass is 32.2. The lowest BCUT2D eigenvalue weighted by Gasteiger charge is -2.21. The fraction of sp³-hybridized carbons (Fsp3) is 0.889. The number of carboxylic acid groups (broad SMARTS) is 1. The van der Waals surface area contributed by atoms with Crippen LogP contribution in [0.15, 0.2) is 0 Å². The van der Waals surface area contributed by atoms with Crippen LogP contribution in [-0.4, -0.2) is 27.2 Å². The zero-order valence-corrected chi connectivity index (χ0v) is 9.31. The Morgan fingerprint density at radius 1 is 1.54 bits per heavy atom. The van der Waals surface area contributed by atoms with Crippen molar-refractivity contribution in [3.63, 3.8) is 0 Å². The molecule has 0 aromatic heterocycles. The van der Waals surface area contributed by atoms with Crippen molar-refractivity contribution in [1.29, 1.82) is 0 Å². The average Bonchev–Trinajstić information content (AvgIpc) is 2.25. The first-order valence-electron chi connectivity index (χ1n) is 4.51. The molecule has 1 heterocycles. The van der Waals surface area contributed by atoms with Gasteiger partial charge in [0.15, 0.2) is 0 Å². The molecule has 13 heavy (non-hydrogen) atoms. The van der Waals surface area contributed by atoms with Crippen molar-refractivity contribution in [3.05, 3.63) is 0 Å². The molecule has 1 fully saturated rings. The SMILES string of the molecule is CC(C)C1NC(C(=O)O)C(C)(C)S1. The lowest BCUT2D eigenvalue weighted by molar-refractivity contribution is -0.139. The molecule has 2 atom stereocenters. The quantitative estimate of drug-likeness (QED) is 0.714. The van der Waals surface area contributed by atoms with Gasteiger partial charge in [-0.1, -0.05) is 13.8 Å². The van der Waals surface area contributed by atoms with Crippen molar-refractivity contribution in [2.24, 2.45) is 5.92 Å². The molecule has 0 aromatic carbocycles. The maximum atomic E-state index is 10.9. The Labute approximate surface area is 83.3 Å². The van der Waals surface area contributed by atoms with E-state index in [-0.39, 0.29) is 10.1 Å². The molecular weight excluding hydrogens is 186 g/mol. The number of carbonyl (C=O) groups is 1. The summed E-state index contributed by atoms with van der Waals surface area (Å²) in [7, 11) is 0. The number of hydrogen-bond acceptors (Lipinski definition) is 3. The number of rotatable bonds is 2. The first-order valence-corrected chi connectivity index (χ1v) is 5.39. The van der Waals surface area contributed by atoms with Crippen LogP contribution >= 0.6 is 11.8 Å². The van der Waals surface area contributed by atoms with Crippen LogP contribution in [0.4, 0.5) is 0 Å². The Morgan fingerprint density at radius 2 is 2.08 bits per heavy atom. The molecule has 2 unspecified atom stereocenters. The van der Waals surface area contributed by atoms with Crippen LogP contribution in [-0.2, 0) is 4.79 Å². The van der Waals surface area contributed by atoms with Gasteiger partial charge in [-0.15, -0.1) is 11.8 Å². The molecule has 3 nitrogen and oxygen atoms in total. The molecule has 0 aliphatic carbocycles. The van der Waals surface area contributed by atoms with Gasteiger partial charge in [0.25, 0.3) is 0 Å². The third kappa shape index (κ3) is 2.17. The molecule has 4 heteroatoms. The minimum Gasteiger partial charge on any atom is -0.480 e. The summed E-state index contributed by atoms with van der Waals surface area (Å²) in [6.07, 6.45) is 0. The van der Waals surface area contributed by atoms with Gasteiger partial charge in [-0.25, -0.2) is 0 Å². The zero-order chi connectivity index (χ0) is 10.2. The minimum absolute atomic E-state index is 0.208. The van der Waals surface area contributed by atoms with Gasteiger partial charge >= 0.3 is 5.97 Å². The molecule has 1 saturated heterocycles. The summed E-state index contributed by atoms with van der Waals surface area (Å²) in [5.74, 6) is -0.283. The van der Waals surface area contributed by atoms with Crippen molar-refractivity contribution < 1.29 is 9.90 Å². The predicted molar refractivity (Wildman–Crippen MR) is 54.9 cm³/mol. The highest BCUT2D eigenvalue weighted by molar-refractivity contribution is 8.01. The minimum atomic E-state index is -0.749. The fourth-order valence-electron chi connectivity index (χ4n) is 1.49. The van der Waals surface area contributed by atoms with Gasteiger partial charge in [0.1, 0.15) is 6.04 Å². The van der Waals surface area contributed by atoms with Crippen molar-refractivity contribution in [2.45, 2.75) is 43.9 Å². The van der Waals surface area contributed by atoms with E-state index in [1.807, 2.05) is 13.8 Å². The van der Waals surface area contributed by atoms with Gasteiger partial charge in [-0.3, -0.25) is 10.1 Å². The number of nitrogens with one attached hydrogen (secondary N) is 1. The Hall–Kier alpha value is -0.220. The summed E-state index contributed by atoms with van der Waals surface area (Å²) < 4.78 is -0.208. The largest absolute Gasteiger partial charge is 0.480 e. The van der Waals surface area contributed by atoms with E-state index >= 15 is 0 Å². The van der Waals surface area contributed by atoms with Crippen molar-refractivity contribution in [2.75, 3.05) is 0 Å². The molecule has 1 aliphatic heterocycles. The molecule has 0 aromatic rings. The Morgan fingerprint density at radius 3 is 2.31 bits per heavy atom. The second-order valence-electron chi connectivity index (χ2n) is 4.32. The first kappa shape index (κ1) is 10.9. The van der Waals surface area contributed by atoms with E-state index in [4.69, 9.17) is 5.11 Å². The van der Waals surface area contributed by atoms with Gasteiger partial charge < -0.3 is 5.11 Å². The summed E-state index contributed by atoms with van der Waals surface area (Å²) in [4.78, 5) is 10.9. The predicted octanol–water partition coefficient (Wildman–Crippen LogP) is 1.54. The standard InChI is InChI=1S/C9H17NO2S/c1-5(2)7-10-6(8(11)12)9(3,4)13-7/h5-7,10H,1-4H3,(H,11,12). The van der Waals surface area contributed by atoms with Gasteiger partial charge in [-0.2, -0.15) is 0 Å². The van der Waals surface area contributed by atoms with E-state index in [0.29, 0.717) is 5.92 Å². The maximum Gasteiger partial charge on any atom is 0.322 e. The first-order chi connectivity index (χ1) is 5.84. The zero-order valence-electron chi connectivity index (χ0n) is 8.50. The van der Waals surface area contributed by atoms with E-state index < -0.39 is 12.0 Å². The second-order valence-corrected chi connectivity index (χ2v) is 6.12. The fourth-order valence-corrected chi connectivity index (χ4v) is 2.93. The van der Waals surface area contributed by atoms with E-state index in [1.54, 1.807) is 11.8 Å². The van der Waals surface area contributed by atoms with Gasteiger partial charge in [0, 0.05) is 4.75 Å². The third-order valence-corrected chi connectivity index (χ3v) is 4.09. The molecule has 1 aliphatic rings. The Balaban J connectivity index is 2.74. The van der Waals surface area contributed by atoms with E-state index in [0.717, 1.165) is 0 Å². The molecule has 0 bridgehead atoms. The molecule has 0 spiro atoms.